The highest BCUT2D eigenvalue weighted by molar-refractivity contribution is 5.91. The number of benzene rings is 1. The second-order valence-corrected chi connectivity index (χ2v) is 4.86. The minimum Gasteiger partial charge on any atom is -0.326 e. The Morgan fingerprint density at radius 3 is 2.56 bits per heavy atom. The largest absolute Gasteiger partial charge is 0.326 e. The van der Waals surface area contributed by atoms with Crippen LogP contribution in [0, 0.1) is 5.92 Å². The van der Waals surface area contributed by atoms with Crippen LogP contribution in [0.4, 0.5) is 5.69 Å². The van der Waals surface area contributed by atoms with Crippen LogP contribution >= 0.6 is 0 Å². The molecule has 2 unspecified atom stereocenters. The summed E-state index contributed by atoms with van der Waals surface area (Å²) in [7, 11) is 1.92. The number of para-hydroxylation sites is 1. The minimum atomic E-state index is 0.0973. The van der Waals surface area contributed by atoms with E-state index in [2.05, 4.69) is 31.4 Å². The van der Waals surface area contributed by atoms with Crippen molar-refractivity contribution in [2.45, 2.75) is 39.7 Å². The fraction of sp³-hybridized carbons (Fsp3) is 0.533. The third-order valence-corrected chi connectivity index (χ3v) is 3.37. The smallest absolute Gasteiger partial charge is 0.224 e. The van der Waals surface area contributed by atoms with Gasteiger partial charge >= 0.3 is 0 Å². The zero-order valence-electron chi connectivity index (χ0n) is 11.8. The van der Waals surface area contributed by atoms with Crippen molar-refractivity contribution in [3.05, 3.63) is 29.8 Å². The predicted octanol–water partition coefficient (Wildman–Crippen LogP) is 3.34. The molecule has 1 aromatic carbocycles. The monoisotopic (exact) mass is 248 g/mol. The van der Waals surface area contributed by atoms with Crippen molar-refractivity contribution in [1.29, 1.82) is 0 Å². The summed E-state index contributed by atoms with van der Waals surface area (Å²) in [5, 5.41) is 6.21. The fourth-order valence-corrected chi connectivity index (χ4v) is 1.81. The van der Waals surface area contributed by atoms with Crippen molar-refractivity contribution in [3.63, 3.8) is 0 Å². The van der Waals surface area contributed by atoms with Crippen molar-refractivity contribution in [1.82, 2.24) is 5.32 Å². The zero-order chi connectivity index (χ0) is 13.5. The number of carbonyl (C=O) groups excluding carboxylic acids is 1. The molecule has 0 aliphatic rings. The van der Waals surface area contributed by atoms with Gasteiger partial charge in [-0.1, -0.05) is 38.5 Å². The molecule has 0 spiro atoms. The van der Waals surface area contributed by atoms with Gasteiger partial charge in [-0.05, 0) is 31.5 Å². The second kappa shape index (κ2) is 7.17. The lowest BCUT2D eigenvalue weighted by Gasteiger charge is -2.17. The van der Waals surface area contributed by atoms with E-state index in [1.807, 2.05) is 31.3 Å². The topological polar surface area (TPSA) is 41.1 Å². The lowest BCUT2D eigenvalue weighted by atomic mass is 10.0. The van der Waals surface area contributed by atoms with E-state index in [1.165, 1.54) is 0 Å². The summed E-state index contributed by atoms with van der Waals surface area (Å²) in [4.78, 5) is 11.9. The maximum Gasteiger partial charge on any atom is 0.224 e. The molecular weight excluding hydrogens is 224 g/mol. The van der Waals surface area contributed by atoms with Crippen LogP contribution in [0.1, 0.15) is 45.2 Å². The van der Waals surface area contributed by atoms with Crippen LogP contribution < -0.4 is 10.6 Å². The van der Waals surface area contributed by atoms with Crippen molar-refractivity contribution >= 4 is 11.6 Å². The van der Waals surface area contributed by atoms with Crippen LogP contribution in [-0.4, -0.2) is 13.0 Å². The van der Waals surface area contributed by atoms with Crippen LogP contribution in [0.2, 0.25) is 0 Å². The summed E-state index contributed by atoms with van der Waals surface area (Å²) in [5.74, 6) is 0.527. The standard InChI is InChI=1S/C15H24N2O/c1-5-11(2)10-15(18)17-14-9-7-6-8-13(14)12(3)16-4/h6-9,11-12,16H,5,10H2,1-4H3,(H,17,18). The first kappa shape index (κ1) is 14.7. The van der Waals surface area contributed by atoms with E-state index in [0.717, 1.165) is 17.7 Å². The van der Waals surface area contributed by atoms with Gasteiger partial charge in [-0.3, -0.25) is 4.79 Å². The molecular formula is C15H24N2O. The lowest BCUT2D eigenvalue weighted by Crippen LogP contribution is -2.19. The molecule has 0 aliphatic carbocycles. The molecule has 1 amide bonds. The van der Waals surface area contributed by atoms with Gasteiger partial charge in [0.05, 0.1) is 0 Å². The predicted molar refractivity (Wildman–Crippen MR) is 76.6 cm³/mol. The van der Waals surface area contributed by atoms with Gasteiger partial charge < -0.3 is 10.6 Å². The van der Waals surface area contributed by atoms with Gasteiger partial charge in [0, 0.05) is 18.2 Å². The van der Waals surface area contributed by atoms with Gasteiger partial charge in [-0.25, -0.2) is 0 Å². The average Bonchev–Trinajstić information content (AvgIpc) is 2.38. The van der Waals surface area contributed by atoms with Gasteiger partial charge in [0.25, 0.3) is 0 Å². The maximum absolute atomic E-state index is 11.9. The van der Waals surface area contributed by atoms with E-state index < -0.39 is 0 Å². The summed E-state index contributed by atoms with van der Waals surface area (Å²) in [6, 6.07) is 8.17. The van der Waals surface area contributed by atoms with Gasteiger partial charge in [0.1, 0.15) is 0 Å². The van der Waals surface area contributed by atoms with E-state index in [9.17, 15) is 4.79 Å². The molecule has 18 heavy (non-hydrogen) atoms. The first-order chi connectivity index (χ1) is 8.58. The van der Waals surface area contributed by atoms with Crippen LogP contribution in [0.15, 0.2) is 24.3 Å². The molecule has 0 aromatic heterocycles. The summed E-state index contributed by atoms with van der Waals surface area (Å²) >= 11 is 0. The fourth-order valence-electron chi connectivity index (χ4n) is 1.81. The Morgan fingerprint density at radius 2 is 1.94 bits per heavy atom. The quantitative estimate of drug-likeness (QED) is 0.810. The average molecular weight is 248 g/mol. The number of rotatable bonds is 6. The summed E-state index contributed by atoms with van der Waals surface area (Å²) < 4.78 is 0. The number of amides is 1. The maximum atomic E-state index is 11.9. The molecule has 0 radical (unpaired) electrons. The van der Waals surface area contributed by atoms with Gasteiger partial charge in [0.2, 0.25) is 5.91 Å². The molecule has 0 saturated heterocycles. The summed E-state index contributed by atoms with van der Waals surface area (Å²) in [5.41, 5.74) is 2.03. The highest BCUT2D eigenvalue weighted by atomic mass is 16.1. The Kier molecular flexibility index (Phi) is 5.86. The molecule has 0 fully saturated rings. The normalized spacial score (nSPS) is 14.0. The Balaban J connectivity index is 2.75. The molecule has 100 valence electrons. The second-order valence-electron chi connectivity index (χ2n) is 4.86. The number of nitrogens with one attached hydrogen (secondary N) is 2. The zero-order valence-corrected chi connectivity index (χ0v) is 11.8. The van der Waals surface area contributed by atoms with Crippen LogP contribution in [0.3, 0.4) is 0 Å². The SMILES string of the molecule is CCC(C)CC(=O)Nc1ccccc1C(C)NC. The first-order valence-electron chi connectivity index (χ1n) is 6.64. The van der Waals surface area contributed by atoms with Crippen molar-refractivity contribution in [3.8, 4) is 0 Å². The Hall–Kier alpha value is -1.35. The number of hydrogen-bond acceptors (Lipinski definition) is 2. The number of hydrogen-bond donors (Lipinski definition) is 2. The molecule has 3 heteroatoms. The molecule has 2 atom stereocenters. The third-order valence-electron chi connectivity index (χ3n) is 3.37. The Labute approximate surface area is 110 Å². The summed E-state index contributed by atoms with van der Waals surface area (Å²) in [6.45, 7) is 6.29. The molecule has 0 aliphatic heterocycles. The molecule has 1 aromatic rings. The molecule has 3 nitrogen and oxygen atoms in total. The van der Waals surface area contributed by atoms with Gasteiger partial charge in [-0.2, -0.15) is 0 Å². The highest BCUT2D eigenvalue weighted by Gasteiger charge is 2.12. The molecule has 0 saturated carbocycles. The minimum absolute atomic E-state index is 0.0973. The van der Waals surface area contributed by atoms with E-state index in [1.54, 1.807) is 0 Å². The molecule has 1 rings (SSSR count). The first-order valence-corrected chi connectivity index (χ1v) is 6.64. The molecule has 0 heterocycles. The van der Waals surface area contributed by atoms with Crippen LogP contribution in [-0.2, 0) is 4.79 Å². The van der Waals surface area contributed by atoms with E-state index in [4.69, 9.17) is 0 Å². The third kappa shape index (κ3) is 4.15. The van der Waals surface area contributed by atoms with E-state index in [-0.39, 0.29) is 11.9 Å². The highest BCUT2D eigenvalue weighted by Crippen LogP contribution is 2.22. The van der Waals surface area contributed by atoms with Gasteiger partial charge in [-0.15, -0.1) is 0 Å². The number of carbonyl (C=O) groups is 1. The Bertz CT molecular complexity index is 390. The van der Waals surface area contributed by atoms with E-state index in [0.29, 0.717) is 12.3 Å². The van der Waals surface area contributed by atoms with Gasteiger partial charge in [0.15, 0.2) is 0 Å². The van der Waals surface area contributed by atoms with Crippen LogP contribution in [0.5, 0.6) is 0 Å². The summed E-state index contributed by atoms with van der Waals surface area (Å²) in [6.07, 6.45) is 1.61. The van der Waals surface area contributed by atoms with Crippen LogP contribution in [0.25, 0.3) is 0 Å². The Morgan fingerprint density at radius 1 is 1.28 bits per heavy atom. The van der Waals surface area contributed by atoms with Crippen molar-refractivity contribution < 1.29 is 4.79 Å². The van der Waals surface area contributed by atoms with E-state index >= 15 is 0 Å². The lowest BCUT2D eigenvalue weighted by molar-refractivity contribution is -0.117. The number of anilines is 1. The van der Waals surface area contributed by atoms with Crippen molar-refractivity contribution in [2.24, 2.45) is 5.92 Å². The molecule has 0 bridgehead atoms. The van der Waals surface area contributed by atoms with Crippen molar-refractivity contribution in [2.75, 3.05) is 12.4 Å². The molecule has 2 N–H and O–H groups in total.